The van der Waals surface area contributed by atoms with E-state index in [2.05, 4.69) is 5.10 Å². The minimum absolute atomic E-state index is 0.190. The number of anilines is 1. The van der Waals surface area contributed by atoms with E-state index in [0.717, 1.165) is 17.7 Å². The van der Waals surface area contributed by atoms with E-state index in [-0.39, 0.29) is 3.91 Å². The van der Waals surface area contributed by atoms with Crippen molar-refractivity contribution in [2.24, 2.45) is 0 Å². The Labute approximate surface area is 88.4 Å². The van der Waals surface area contributed by atoms with Crippen LogP contribution >= 0.6 is 22.6 Å². The number of aromatic nitrogens is 2. The first-order valence-electron chi connectivity index (χ1n) is 3.84. The van der Waals surface area contributed by atoms with Crippen molar-refractivity contribution >= 4 is 32.3 Å². The third-order valence-corrected chi connectivity index (χ3v) is 2.46. The van der Waals surface area contributed by atoms with Crippen LogP contribution in [-0.4, -0.2) is 20.3 Å². The quantitative estimate of drug-likeness (QED) is 0.571. The van der Waals surface area contributed by atoms with E-state index >= 15 is 0 Å². The maximum absolute atomic E-state index is 11.1. The molecule has 2 N–H and O–H groups in total. The number of nitrogen functional groups attached to an aromatic ring is 1. The molecule has 0 saturated carbocycles. The summed E-state index contributed by atoms with van der Waals surface area (Å²) < 4.78 is 6.25. The minimum Gasteiger partial charge on any atom is -0.383 e. The SMILES string of the molecule is Nc1c2c(nn1C(=O)I)CCOC2. The van der Waals surface area contributed by atoms with Gasteiger partial charge in [0.1, 0.15) is 5.82 Å². The fourth-order valence-corrected chi connectivity index (χ4v) is 1.71. The number of rotatable bonds is 0. The lowest BCUT2D eigenvalue weighted by Gasteiger charge is -2.09. The summed E-state index contributed by atoms with van der Waals surface area (Å²) in [6.45, 7) is 1.12. The number of hydrogen-bond acceptors (Lipinski definition) is 4. The van der Waals surface area contributed by atoms with Crippen LogP contribution in [0.5, 0.6) is 0 Å². The van der Waals surface area contributed by atoms with Crippen LogP contribution in [0, 0.1) is 0 Å². The second kappa shape index (κ2) is 3.26. The second-order valence-electron chi connectivity index (χ2n) is 2.78. The van der Waals surface area contributed by atoms with Crippen molar-refractivity contribution in [1.29, 1.82) is 0 Å². The average molecular weight is 293 g/mol. The van der Waals surface area contributed by atoms with Crippen LogP contribution in [0.3, 0.4) is 0 Å². The van der Waals surface area contributed by atoms with Gasteiger partial charge < -0.3 is 10.5 Å². The highest BCUT2D eigenvalue weighted by molar-refractivity contribution is 14.1. The van der Waals surface area contributed by atoms with Crippen molar-refractivity contribution in [3.63, 3.8) is 0 Å². The molecule has 6 heteroatoms. The molecule has 0 aromatic carbocycles. The highest BCUT2D eigenvalue weighted by atomic mass is 127. The van der Waals surface area contributed by atoms with Gasteiger partial charge in [-0.05, 0) is 0 Å². The maximum atomic E-state index is 11.1. The molecule has 0 atom stereocenters. The number of ether oxygens (including phenoxy) is 1. The Kier molecular flexibility index (Phi) is 2.24. The molecule has 0 spiro atoms. The van der Waals surface area contributed by atoms with Crippen LogP contribution in [0.4, 0.5) is 10.6 Å². The molecule has 2 rings (SSSR count). The molecule has 0 fully saturated rings. The monoisotopic (exact) mass is 293 g/mol. The van der Waals surface area contributed by atoms with Crippen LogP contribution in [0.15, 0.2) is 0 Å². The van der Waals surface area contributed by atoms with Gasteiger partial charge in [-0.25, -0.2) is 0 Å². The van der Waals surface area contributed by atoms with E-state index in [4.69, 9.17) is 10.5 Å². The molecule has 70 valence electrons. The number of halogens is 1. The predicted octanol–water partition coefficient (Wildman–Crippen LogP) is 0.941. The van der Waals surface area contributed by atoms with E-state index in [1.165, 1.54) is 4.68 Å². The highest BCUT2D eigenvalue weighted by Gasteiger charge is 2.20. The molecule has 1 aromatic rings. The number of nitrogens with two attached hydrogens (primary N) is 1. The molecule has 0 aliphatic carbocycles. The van der Waals surface area contributed by atoms with E-state index in [1.807, 2.05) is 0 Å². The van der Waals surface area contributed by atoms with Crippen LogP contribution in [0.2, 0.25) is 0 Å². The Morgan fingerprint density at radius 1 is 1.69 bits per heavy atom. The molecule has 0 amide bonds. The molecule has 1 aromatic heterocycles. The van der Waals surface area contributed by atoms with Crippen molar-refractivity contribution < 1.29 is 9.53 Å². The fourth-order valence-electron chi connectivity index (χ4n) is 1.35. The predicted molar refractivity (Wildman–Crippen MR) is 54.8 cm³/mol. The molecule has 0 bridgehead atoms. The van der Waals surface area contributed by atoms with Gasteiger partial charge in [-0.1, -0.05) is 0 Å². The Morgan fingerprint density at radius 2 is 2.46 bits per heavy atom. The van der Waals surface area contributed by atoms with Gasteiger partial charge in [0.05, 0.1) is 18.9 Å². The summed E-state index contributed by atoms with van der Waals surface area (Å²) in [5.74, 6) is 0.411. The number of hydrogen-bond donors (Lipinski definition) is 1. The third kappa shape index (κ3) is 1.44. The fraction of sp³-hybridized carbons (Fsp3) is 0.429. The van der Waals surface area contributed by atoms with Crippen LogP contribution in [0.25, 0.3) is 0 Å². The van der Waals surface area contributed by atoms with E-state index in [1.54, 1.807) is 22.6 Å². The van der Waals surface area contributed by atoms with Gasteiger partial charge in [0.25, 0.3) is 0 Å². The summed E-state index contributed by atoms with van der Waals surface area (Å²) in [5.41, 5.74) is 7.46. The molecular formula is C7H8IN3O2. The molecule has 0 saturated heterocycles. The van der Waals surface area contributed by atoms with E-state index in [0.29, 0.717) is 19.0 Å². The second-order valence-corrected chi connectivity index (χ2v) is 3.70. The van der Waals surface area contributed by atoms with Crippen LogP contribution in [0.1, 0.15) is 11.3 Å². The lowest BCUT2D eigenvalue weighted by Crippen LogP contribution is -2.09. The Morgan fingerprint density at radius 3 is 3.08 bits per heavy atom. The van der Waals surface area contributed by atoms with Crippen molar-refractivity contribution in [3.05, 3.63) is 11.3 Å². The molecule has 2 heterocycles. The van der Waals surface area contributed by atoms with Gasteiger partial charge in [-0.2, -0.15) is 9.78 Å². The largest absolute Gasteiger partial charge is 0.383 e. The lowest BCUT2D eigenvalue weighted by molar-refractivity contribution is 0.110. The van der Waals surface area contributed by atoms with Crippen molar-refractivity contribution in [1.82, 2.24) is 9.78 Å². The number of nitrogens with zero attached hydrogens (tertiary/aromatic N) is 2. The Balaban J connectivity index is 2.50. The van der Waals surface area contributed by atoms with Gasteiger partial charge in [0.15, 0.2) is 0 Å². The van der Waals surface area contributed by atoms with Gasteiger partial charge >= 0.3 is 3.91 Å². The zero-order valence-corrected chi connectivity index (χ0v) is 8.95. The number of carbonyl (C=O) groups is 1. The van der Waals surface area contributed by atoms with Gasteiger partial charge in [-0.3, -0.25) is 4.79 Å². The summed E-state index contributed by atoms with van der Waals surface area (Å²) in [6.07, 6.45) is 0.733. The standard InChI is InChI=1S/C7H8IN3O2/c8-7(12)11-6(9)4-3-13-2-1-5(4)10-11/h1-3,9H2. The smallest absolute Gasteiger partial charge is 0.309 e. The number of fused-ring (bicyclic) bond motifs is 1. The molecule has 1 aliphatic heterocycles. The zero-order valence-electron chi connectivity index (χ0n) is 6.79. The summed E-state index contributed by atoms with van der Waals surface area (Å²) >= 11 is 1.66. The Hall–Kier alpha value is -0.630. The molecule has 0 unspecified atom stereocenters. The first-order chi connectivity index (χ1) is 6.20. The lowest BCUT2D eigenvalue weighted by atomic mass is 10.1. The average Bonchev–Trinajstić information content (AvgIpc) is 2.45. The summed E-state index contributed by atoms with van der Waals surface area (Å²) in [4.78, 5) is 11.1. The van der Waals surface area contributed by atoms with Crippen molar-refractivity contribution in [2.45, 2.75) is 13.0 Å². The maximum Gasteiger partial charge on any atom is 0.309 e. The normalized spacial score (nSPS) is 15.5. The zero-order chi connectivity index (χ0) is 9.42. The topological polar surface area (TPSA) is 70.1 Å². The molecule has 5 nitrogen and oxygen atoms in total. The van der Waals surface area contributed by atoms with E-state index in [9.17, 15) is 4.79 Å². The molecular weight excluding hydrogens is 285 g/mol. The summed E-state index contributed by atoms with van der Waals surface area (Å²) in [5, 5.41) is 4.10. The minimum atomic E-state index is -0.190. The molecule has 0 radical (unpaired) electrons. The van der Waals surface area contributed by atoms with Gasteiger partial charge in [0.2, 0.25) is 0 Å². The van der Waals surface area contributed by atoms with Crippen LogP contribution < -0.4 is 5.73 Å². The van der Waals surface area contributed by atoms with Crippen LogP contribution in [-0.2, 0) is 17.8 Å². The van der Waals surface area contributed by atoms with E-state index < -0.39 is 0 Å². The first kappa shape index (κ1) is 8.95. The van der Waals surface area contributed by atoms with Gasteiger partial charge in [0, 0.05) is 34.6 Å². The van der Waals surface area contributed by atoms with Crippen molar-refractivity contribution in [2.75, 3.05) is 12.3 Å². The number of carbonyl (C=O) groups excluding carboxylic acids is 1. The Bertz CT molecular complexity index is 361. The highest BCUT2D eigenvalue weighted by Crippen LogP contribution is 2.22. The molecule has 13 heavy (non-hydrogen) atoms. The third-order valence-electron chi connectivity index (χ3n) is 2.00. The summed E-state index contributed by atoms with van der Waals surface area (Å²) in [6, 6.07) is 0. The molecule has 1 aliphatic rings. The van der Waals surface area contributed by atoms with Gasteiger partial charge in [-0.15, -0.1) is 0 Å². The summed E-state index contributed by atoms with van der Waals surface area (Å²) in [7, 11) is 0. The van der Waals surface area contributed by atoms with Crippen molar-refractivity contribution in [3.8, 4) is 0 Å². The first-order valence-corrected chi connectivity index (χ1v) is 4.92.